The third-order valence-electron chi connectivity index (χ3n) is 5.50. The van der Waals surface area contributed by atoms with E-state index in [1.807, 2.05) is 24.3 Å². The third kappa shape index (κ3) is 3.59. The fourth-order valence-corrected chi connectivity index (χ4v) is 5.35. The van der Waals surface area contributed by atoms with E-state index in [-0.39, 0.29) is 16.8 Å². The van der Waals surface area contributed by atoms with E-state index in [0.717, 1.165) is 40.5 Å². The number of fused-ring (bicyclic) bond motifs is 2. The molecule has 0 radical (unpaired) electrons. The van der Waals surface area contributed by atoms with Gasteiger partial charge in [-0.1, -0.05) is 19.9 Å². The second kappa shape index (κ2) is 7.13. The first-order valence-corrected chi connectivity index (χ1v) is 10.4. The summed E-state index contributed by atoms with van der Waals surface area (Å²) in [5.41, 5.74) is 2.94. The molecule has 0 unspecified atom stereocenters. The SMILES string of the molecule is CN(Cc1cccnc1)C(=O)c1ccc2c(=O)c3c(sc2c1)CC(C)(C)CC3. The first kappa shape index (κ1) is 18.8. The van der Waals surface area contributed by atoms with Crippen LogP contribution in [0.25, 0.3) is 10.1 Å². The lowest BCUT2D eigenvalue weighted by Gasteiger charge is -2.30. The monoisotopic (exact) mass is 392 g/mol. The van der Waals surface area contributed by atoms with Crippen LogP contribution in [-0.2, 0) is 19.4 Å². The molecule has 0 spiro atoms. The van der Waals surface area contributed by atoms with Crippen LogP contribution in [0.5, 0.6) is 0 Å². The molecule has 4 nitrogen and oxygen atoms in total. The highest BCUT2D eigenvalue weighted by molar-refractivity contribution is 7.18. The number of hydrogen-bond donors (Lipinski definition) is 0. The van der Waals surface area contributed by atoms with Gasteiger partial charge in [0.25, 0.3) is 5.91 Å². The Kier molecular flexibility index (Phi) is 4.79. The Morgan fingerprint density at radius 1 is 1.29 bits per heavy atom. The molecule has 0 fully saturated rings. The summed E-state index contributed by atoms with van der Waals surface area (Å²) < 4.78 is 0.905. The van der Waals surface area contributed by atoms with E-state index in [1.54, 1.807) is 41.7 Å². The van der Waals surface area contributed by atoms with Crippen LogP contribution in [0.15, 0.2) is 47.5 Å². The number of amides is 1. The Morgan fingerprint density at radius 3 is 2.86 bits per heavy atom. The Labute approximate surface area is 168 Å². The minimum absolute atomic E-state index is 0.0524. The molecule has 2 heterocycles. The van der Waals surface area contributed by atoms with Crippen LogP contribution >= 0.6 is 11.3 Å². The van der Waals surface area contributed by atoms with Gasteiger partial charge in [-0.3, -0.25) is 14.6 Å². The fourth-order valence-electron chi connectivity index (χ4n) is 3.85. The molecule has 0 N–H and O–H groups in total. The minimum atomic E-state index is -0.0524. The Morgan fingerprint density at radius 2 is 2.11 bits per heavy atom. The Balaban J connectivity index is 1.67. The van der Waals surface area contributed by atoms with Crippen molar-refractivity contribution < 1.29 is 4.79 Å². The molecule has 5 heteroatoms. The van der Waals surface area contributed by atoms with Crippen molar-refractivity contribution in [1.29, 1.82) is 0 Å². The van der Waals surface area contributed by atoms with Crippen LogP contribution in [-0.4, -0.2) is 22.8 Å². The van der Waals surface area contributed by atoms with Gasteiger partial charge in [0.15, 0.2) is 5.43 Å². The van der Waals surface area contributed by atoms with Gasteiger partial charge in [0, 0.05) is 52.1 Å². The highest BCUT2D eigenvalue weighted by Gasteiger charge is 2.28. The quantitative estimate of drug-likeness (QED) is 0.662. The summed E-state index contributed by atoms with van der Waals surface area (Å²) in [6.45, 7) is 5.01. The van der Waals surface area contributed by atoms with Gasteiger partial charge in [-0.15, -0.1) is 11.3 Å². The van der Waals surface area contributed by atoms with Gasteiger partial charge in [0.2, 0.25) is 0 Å². The number of hydrogen-bond acceptors (Lipinski definition) is 4. The second-order valence-corrected chi connectivity index (χ2v) is 9.54. The molecule has 1 aliphatic carbocycles. The molecule has 144 valence electrons. The standard InChI is InChI=1S/C23H24N2O2S/c1-23(2)9-8-18-20(12-23)28-19-11-16(6-7-17(19)21(18)26)22(27)25(3)14-15-5-4-10-24-13-15/h4-7,10-11,13H,8-9,12,14H2,1-3H3. The highest BCUT2D eigenvalue weighted by atomic mass is 32.1. The highest BCUT2D eigenvalue weighted by Crippen LogP contribution is 2.37. The number of rotatable bonds is 3. The average molecular weight is 393 g/mol. The predicted molar refractivity (Wildman–Crippen MR) is 114 cm³/mol. The molecule has 28 heavy (non-hydrogen) atoms. The van der Waals surface area contributed by atoms with E-state index >= 15 is 0 Å². The average Bonchev–Trinajstić information content (AvgIpc) is 2.67. The molecule has 4 rings (SSSR count). The van der Waals surface area contributed by atoms with Crippen molar-refractivity contribution in [3.63, 3.8) is 0 Å². The van der Waals surface area contributed by atoms with Crippen LogP contribution in [0.3, 0.4) is 0 Å². The smallest absolute Gasteiger partial charge is 0.253 e. The summed E-state index contributed by atoms with van der Waals surface area (Å²) in [4.78, 5) is 32.8. The molecule has 3 aromatic rings. The molecule has 0 saturated carbocycles. The van der Waals surface area contributed by atoms with E-state index in [4.69, 9.17) is 0 Å². The molecule has 2 aromatic heterocycles. The predicted octanol–water partition coefficient (Wildman–Crippen LogP) is 4.44. The number of aromatic nitrogens is 1. The number of nitrogens with zero attached hydrogens (tertiary/aromatic N) is 2. The summed E-state index contributed by atoms with van der Waals surface area (Å²) in [6.07, 6.45) is 6.31. The van der Waals surface area contributed by atoms with Gasteiger partial charge in [-0.2, -0.15) is 0 Å². The van der Waals surface area contributed by atoms with Gasteiger partial charge in [-0.25, -0.2) is 0 Å². The summed E-state index contributed by atoms with van der Waals surface area (Å²) in [5.74, 6) is -0.0524. The van der Waals surface area contributed by atoms with Crippen molar-refractivity contribution >= 4 is 27.3 Å². The molecule has 1 aromatic carbocycles. The topological polar surface area (TPSA) is 50.3 Å². The zero-order valence-corrected chi connectivity index (χ0v) is 17.3. The molecule has 1 amide bonds. The van der Waals surface area contributed by atoms with E-state index in [9.17, 15) is 9.59 Å². The third-order valence-corrected chi connectivity index (χ3v) is 6.69. The Bertz CT molecular complexity index is 1100. The van der Waals surface area contributed by atoms with Crippen molar-refractivity contribution in [2.24, 2.45) is 5.41 Å². The van der Waals surface area contributed by atoms with Crippen molar-refractivity contribution in [3.05, 3.63) is 74.5 Å². The lowest BCUT2D eigenvalue weighted by Crippen LogP contribution is -2.27. The van der Waals surface area contributed by atoms with Gasteiger partial charge < -0.3 is 4.90 Å². The molecule has 0 aliphatic heterocycles. The molecular weight excluding hydrogens is 368 g/mol. The van der Waals surface area contributed by atoms with Gasteiger partial charge in [0.1, 0.15) is 0 Å². The maximum Gasteiger partial charge on any atom is 0.253 e. The van der Waals surface area contributed by atoms with Crippen LogP contribution in [0, 0.1) is 5.41 Å². The van der Waals surface area contributed by atoms with E-state index in [1.165, 1.54) is 4.88 Å². The maximum absolute atomic E-state index is 12.9. The summed E-state index contributed by atoms with van der Waals surface area (Å²) in [5, 5.41) is 0.731. The van der Waals surface area contributed by atoms with Crippen molar-refractivity contribution in [3.8, 4) is 0 Å². The summed E-state index contributed by atoms with van der Waals surface area (Å²) in [7, 11) is 1.79. The largest absolute Gasteiger partial charge is 0.337 e. The van der Waals surface area contributed by atoms with Gasteiger partial charge >= 0.3 is 0 Å². The Hall–Kier alpha value is -2.53. The van der Waals surface area contributed by atoms with Gasteiger partial charge in [0.05, 0.1) is 0 Å². The number of carbonyl (C=O) groups excluding carboxylic acids is 1. The summed E-state index contributed by atoms with van der Waals surface area (Å²) in [6, 6.07) is 9.30. The number of carbonyl (C=O) groups is 1. The number of pyridine rings is 1. The second-order valence-electron chi connectivity index (χ2n) is 8.41. The first-order chi connectivity index (χ1) is 13.3. The van der Waals surface area contributed by atoms with Crippen molar-refractivity contribution in [1.82, 2.24) is 9.88 Å². The fraction of sp³-hybridized carbons (Fsp3) is 0.348. The molecule has 0 atom stereocenters. The minimum Gasteiger partial charge on any atom is -0.337 e. The first-order valence-electron chi connectivity index (χ1n) is 9.57. The van der Waals surface area contributed by atoms with Crippen LogP contribution in [0.2, 0.25) is 0 Å². The van der Waals surface area contributed by atoms with E-state index in [2.05, 4.69) is 18.8 Å². The zero-order valence-electron chi connectivity index (χ0n) is 16.5. The molecule has 1 aliphatic rings. The van der Waals surface area contributed by atoms with Crippen LogP contribution in [0.4, 0.5) is 0 Å². The lowest BCUT2D eigenvalue weighted by atomic mass is 9.77. The van der Waals surface area contributed by atoms with Crippen molar-refractivity contribution in [2.75, 3.05) is 7.05 Å². The van der Waals surface area contributed by atoms with Crippen molar-refractivity contribution in [2.45, 2.75) is 39.7 Å². The van der Waals surface area contributed by atoms with Crippen LogP contribution < -0.4 is 5.43 Å². The molecular formula is C23H24N2O2S. The van der Waals surface area contributed by atoms with Gasteiger partial charge in [-0.05, 0) is 54.5 Å². The zero-order chi connectivity index (χ0) is 19.9. The molecule has 0 saturated heterocycles. The van der Waals surface area contributed by atoms with E-state index < -0.39 is 0 Å². The van der Waals surface area contributed by atoms with Crippen LogP contribution in [0.1, 0.15) is 46.6 Å². The number of benzene rings is 1. The molecule has 0 bridgehead atoms. The summed E-state index contributed by atoms with van der Waals surface area (Å²) >= 11 is 1.67. The van der Waals surface area contributed by atoms with E-state index in [0.29, 0.717) is 12.1 Å². The maximum atomic E-state index is 12.9. The normalized spacial score (nSPS) is 15.2. The lowest BCUT2D eigenvalue weighted by molar-refractivity contribution is 0.0785.